The largest absolute Gasteiger partial charge is 0.0841 e. The van der Waals surface area contributed by atoms with Crippen LogP contribution in [0.25, 0.3) is 0 Å². The number of benzene rings is 1. The Balaban J connectivity index is 2.83. The lowest BCUT2D eigenvalue weighted by Gasteiger charge is -2.16. The molecule has 0 N–H and O–H groups in total. The minimum absolute atomic E-state index is 0.917. The van der Waals surface area contributed by atoms with Gasteiger partial charge in [0.15, 0.2) is 0 Å². The molecule has 66 valence electrons. The van der Waals surface area contributed by atoms with Crippen LogP contribution < -0.4 is 0 Å². The molecule has 0 saturated carbocycles. The van der Waals surface area contributed by atoms with Crippen LogP contribution >= 0.6 is 11.6 Å². The maximum atomic E-state index is 6.05. The average molecular weight is 199 g/mol. The maximum absolute atomic E-state index is 6.05. The van der Waals surface area contributed by atoms with Crippen LogP contribution in [0.2, 0.25) is 24.7 Å². The summed E-state index contributed by atoms with van der Waals surface area (Å²) in [5, 5.41) is 0.917. The zero-order valence-corrected chi connectivity index (χ0v) is 9.65. The summed E-state index contributed by atoms with van der Waals surface area (Å²) >= 11 is 6.05. The fourth-order valence-corrected chi connectivity index (χ4v) is 2.98. The highest BCUT2D eigenvalue weighted by molar-refractivity contribution is 6.75. The van der Waals surface area contributed by atoms with Gasteiger partial charge in [0.2, 0.25) is 0 Å². The highest BCUT2D eigenvalue weighted by Crippen LogP contribution is 2.19. The number of hydrogen-bond acceptors (Lipinski definition) is 0. The van der Waals surface area contributed by atoms with E-state index in [1.54, 1.807) is 0 Å². The maximum Gasteiger partial charge on any atom is 0.0487 e. The molecule has 1 aromatic rings. The molecule has 2 heteroatoms. The Hall–Kier alpha value is -0.273. The van der Waals surface area contributed by atoms with E-state index < -0.39 is 8.07 Å². The fourth-order valence-electron chi connectivity index (χ4n) is 1.21. The minimum Gasteiger partial charge on any atom is -0.0841 e. The quantitative estimate of drug-likeness (QED) is 0.635. The monoisotopic (exact) mass is 198 g/mol. The van der Waals surface area contributed by atoms with Crippen LogP contribution in [-0.4, -0.2) is 8.07 Å². The van der Waals surface area contributed by atoms with Crippen molar-refractivity contribution in [3.05, 3.63) is 34.9 Å². The summed E-state index contributed by atoms with van der Waals surface area (Å²) < 4.78 is 0. The van der Waals surface area contributed by atoms with E-state index in [0.717, 1.165) is 5.02 Å². The Morgan fingerprint density at radius 3 is 2.25 bits per heavy atom. The van der Waals surface area contributed by atoms with E-state index in [9.17, 15) is 0 Å². The van der Waals surface area contributed by atoms with Gasteiger partial charge in [-0.3, -0.25) is 0 Å². The van der Waals surface area contributed by atoms with Crippen molar-refractivity contribution in [2.75, 3.05) is 0 Å². The molecule has 0 nitrogen and oxygen atoms in total. The molecular formula is C10H15ClSi. The van der Waals surface area contributed by atoms with E-state index in [0.29, 0.717) is 0 Å². The highest BCUT2D eigenvalue weighted by atomic mass is 35.5. The number of hydrogen-bond donors (Lipinski definition) is 0. The van der Waals surface area contributed by atoms with Gasteiger partial charge < -0.3 is 0 Å². The smallest absolute Gasteiger partial charge is 0.0487 e. The van der Waals surface area contributed by atoms with Crippen LogP contribution in [-0.2, 0) is 6.04 Å². The first-order valence-electron chi connectivity index (χ1n) is 4.22. The Kier molecular flexibility index (Phi) is 2.97. The SMILES string of the molecule is C[Si](C)(C)Cc1ccccc1Cl. The molecule has 0 fully saturated rings. The lowest BCUT2D eigenvalue weighted by atomic mass is 10.2. The van der Waals surface area contributed by atoms with Crippen LogP contribution in [0.5, 0.6) is 0 Å². The van der Waals surface area contributed by atoms with E-state index in [2.05, 4.69) is 31.8 Å². The lowest BCUT2D eigenvalue weighted by Crippen LogP contribution is -2.23. The molecule has 0 aliphatic carbocycles. The number of rotatable bonds is 2. The summed E-state index contributed by atoms with van der Waals surface area (Å²) in [6.07, 6.45) is 0. The van der Waals surface area contributed by atoms with Crippen molar-refractivity contribution in [1.29, 1.82) is 0 Å². The van der Waals surface area contributed by atoms with Crippen LogP contribution in [0, 0.1) is 0 Å². The Morgan fingerprint density at radius 1 is 1.17 bits per heavy atom. The van der Waals surface area contributed by atoms with Gasteiger partial charge in [-0.1, -0.05) is 49.4 Å². The molecular weight excluding hydrogens is 184 g/mol. The van der Waals surface area contributed by atoms with Gasteiger partial charge in [-0.15, -0.1) is 0 Å². The summed E-state index contributed by atoms with van der Waals surface area (Å²) in [5.41, 5.74) is 1.30. The second-order valence-corrected chi connectivity index (χ2v) is 10.2. The van der Waals surface area contributed by atoms with Crippen molar-refractivity contribution >= 4 is 19.7 Å². The average Bonchev–Trinajstić information content (AvgIpc) is 1.91. The number of halogens is 1. The van der Waals surface area contributed by atoms with Crippen molar-refractivity contribution in [2.24, 2.45) is 0 Å². The van der Waals surface area contributed by atoms with E-state index in [4.69, 9.17) is 11.6 Å². The Bertz CT molecular complexity index is 263. The molecule has 12 heavy (non-hydrogen) atoms. The zero-order chi connectivity index (χ0) is 9.19. The topological polar surface area (TPSA) is 0 Å². The van der Waals surface area contributed by atoms with Crippen molar-refractivity contribution in [3.8, 4) is 0 Å². The Morgan fingerprint density at radius 2 is 1.75 bits per heavy atom. The fraction of sp³-hybridized carbons (Fsp3) is 0.400. The van der Waals surface area contributed by atoms with Gasteiger partial charge in [0.05, 0.1) is 0 Å². The second-order valence-electron chi connectivity index (χ2n) is 4.33. The molecule has 0 radical (unpaired) electrons. The van der Waals surface area contributed by atoms with Gasteiger partial charge in [-0.2, -0.15) is 0 Å². The van der Waals surface area contributed by atoms with Gasteiger partial charge >= 0.3 is 0 Å². The normalized spacial score (nSPS) is 11.7. The van der Waals surface area contributed by atoms with E-state index in [-0.39, 0.29) is 0 Å². The zero-order valence-electron chi connectivity index (χ0n) is 7.89. The summed E-state index contributed by atoms with van der Waals surface area (Å²) in [4.78, 5) is 0. The summed E-state index contributed by atoms with van der Waals surface area (Å²) in [7, 11) is -1.01. The van der Waals surface area contributed by atoms with Crippen LogP contribution in [0.4, 0.5) is 0 Å². The van der Waals surface area contributed by atoms with Crippen molar-refractivity contribution in [3.63, 3.8) is 0 Å². The van der Waals surface area contributed by atoms with Crippen LogP contribution in [0.3, 0.4) is 0 Å². The van der Waals surface area contributed by atoms with E-state index in [1.165, 1.54) is 11.6 Å². The second kappa shape index (κ2) is 3.63. The van der Waals surface area contributed by atoms with Gasteiger partial charge in [0.1, 0.15) is 0 Å². The third-order valence-corrected chi connectivity index (χ3v) is 3.49. The molecule has 0 atom stereocenters. The molecule has 0 aliphatic heterocycles. The lowest BCUT2D eigenvalue weighted by molar-refractivity contribution is 1.31. The third-order valence-electron chi connectivity index (χ3n) is 1.68. The molecule has 0 aromatic heterocycles. The highest BCUT2D eigenvalue weighted by Gasteiger charge is 2.14. The Labute approximate surface area is 80.6 Å². The molecule has 0 amide bonds. The molecule has 0 spiro atoms. The van der Waals surface area contributed by atoms with Gasteiger partial charge in [0, 0.05) is 13.1 Å². The van der Waals surface area contributed by atoms with Gasteiger partial charge in [-0.25, -0.2) is 0 Å². The minimum atomic E-state index is -1.01. The first kappa shape index (κ1) is 9.81. The molecule has 0 heterocycles. The van der Waals surface area contributed by atoms with Crippen molar-refractivity contribution < 1.29 is 0 Å². The molecule has 0 saturated heterocycles. The summed E-state index contributed by atoms with van der Waals surface area (Å²) in [5.74, 6) is 0. The molecule has 0 unspecified atom stereocenters. The van der Waals surface area contributed by atoms with Crippen LogP contribution in [0.1, 0.15) is 5.56 Å². The summed E-state index contributed by atoms with van der Waals surface area (Å²) in [6, 6.07) is 9.31. The van der Waals surface area contributed by atoms with Crippen molar-refractivity contribution in [2.45, 2.75) is 25.7 Å². The molecule has 1 rings (SSSR count). The van der Waals surface area contributed by atoms with Gasteiger partial charge in [-0.05, 0) is 17.7 Å². The van der Waals surface area contributed by atoms with E-state index in [1.807, 2.05) is 12.1 Å². The third kappa shape index (κ3) is 3.00. The standard InChI is InChI=1S/C10H15ClSi/c1-12(2,3)8-9-6-4-5-7-10(9)11/h4-7H,8H2,1-3H3. The first-order valence-corrected chi connectivity index (χ1v) is 8.31. The molecule has 1 aromatic carbocycles. The van der Waals surface area contributed by atoms with E-state index >= 15 is 0 Å². The summed E-state index contributed by atoms with van der Waals surface area (Å²) in [6.45, 7) is 7.07. The van der Waals surface area contributed by atoms with Crippen molar-refractivity contribution in [1.82, 2.24) is 0 Å². The first-order chi connectivity index (χ1) is 5.49. The molecule has 0 bridgehead atoms. The predicted molar refractivity (Wildman–Crippen MR) is 58.5 cm³/mol. The van der Waals surface area contributed by atoms with Crippen LogP contribution in [0.15, 0.2) is 24.3 Å². The van der Waals surface area contributed by atoms with Gasteiger partial charge in [0.25, 0.3) is 0 Å². The molecule has 0 aliphatic rings. The predicted octanol–water partition coefficient (Wildman–Crippen LogP) is 3.76.